The highest BCUT2D eigenvalue weighted by molar-refractivity contribution is 5.68. The zero-order valence-corrected chi connectivity index (χ0v) is 19.3. The number of nitrogens with zero attached hydrogens (tertiary/aromatic N) is 1. The van der Waals surface area contributed by atoms with Crippen LogP contribution in [0, 0.1) is 0 Å². The van der Waals surface area contributed by atoms with Crippen molar-refractivity contribution in [1.82, 2.24) is 0 Å². The molecule has 2 aromatic rings. The highest BCUT2D eigenvalue weighted by Crippen LogP contribution is 2.24. The summed E-state index contributed by atoms with van der Waals surface area (Å²) in [5.41, 5.74) is 5.34. The summed E-state index contributed by atoms with van der Waals surface area (Å²) in [6.07, 6.45) is 18.2. The van der Waals surface area contributed by atoms with E-state index in [0.717, 1.165) is 0 Å². The second-order valence-corrected chi connectivity index (χ2v) is 8.78. The van der Waals surface area contributed by atoms with E-state index in [0.29, 0.717) is 0 Å². The van der Waals surface area contributed by atoms with Crippen molar-refractivity contribution < 1.29 is 0 Å². The topological polar surface area (TPSA) is 3.24 Å². The molecule has 0 aliphatic carbocycles. The number of anilines is 1. The largest absolute Gasteiger partial charge is 0.378 e. The standard InChI is InChI=1S/C28H43N/c1-4-5-6-7-8-9-10-11-12-13-14-15-17-25-20-22-26(23-21-25)27-18-16-19-28(24-27)29(2)3/h16,18-24H,4-15,17H2,1-3H3. The van der Waals surface area contributed by atoms with E-state index in [9.17, 15) is 0 Å². The van der Waals surface area contributed by atoms with Gasteiger partial charge < -0.3 is 4.90 Å². The summed E-state index contributed by atoms with van der Waals surface area (Å²) in [5, 5.41) is 0. The van der Waals surface area contributed by atoms with Crippen LogP contribution in [0.2, 0.25) is 0 Å². The predicted octanol–water partition coefficient (Wildman–Crippen LogP) is 8.66. The van der Waals surface area contributed by atoms with E-state index >= 15 is 0 Å². The molecule has 1 nitrogen and oxygen atoms in total. The van der Waals surface area contributed by atoms with Crippen LogP contribution < -0.4 is 4.90 Å². The van der Waals surface area contributed by atoms with Crippen LogP contribution >= 0.6 is 0 Å². The van der Waals surface area contributed by atoms with Gasteiger partial charge in [0.2, 0.25) is 0 Å². The van der Waals surface area contributed by atoms with Crippen molar-refractivity contribution >= 4 is 5.69 Å². The molecule has 0 saturated carbocycles. The van der Waals surface area contributed by atoms with Gasteiger partial charge >= 0.3 is 0 Å². The Morgan fingerprint density at radius 1 is 0.586 bits per heavy atom. The molecule has 2 aromatic carbocycles. The van der Waals surface area contributed by atoms with Gasteiger partial charge in [-0.2, -0.15) is 0 Å². The van der Waals surface area contributed by atoms with E-state index in [4.69, 9.17) is 0 Å². The minimum absolute atomic E-state index is 1.22. The first-order chi connectivity index (χ1) is 14.2. The molecule has 0 fully saturated rings. The Morgan fingerprint density at radius 2 is 1.14 bits per heavy atom. The second kappa shape index (κ2) is 14.3. The Morgan fingerprint density at radius 3 is 1.69 bits per heavy atom. The second-order valence-electron chi connectivity index (χ2n) is 8.78. The van der Waals surface area contributed by atoms with Gasteiger partial charge in [-0.1, -0.05) is 114 Å². The molecule has 0 bridgehead atoms. The molecule has 0 aliphatic heterocycles. The fourth-order valence-corrected chi connectivity index (χ4v) is 4.00. The predicted molar refractivity (Wildman–Crippen MR) is 131 cm³/mol. The molecule has 29 heavy (non-hydrogen) atoms. The van der Waals surface area contributed by atoms with Crippen LogP contribution in [0.15, 0.2) is 48.5 Å². The summed E-state index contributed by atoms with van der Waals surface area (Å²) in [7, 11) is 4.19. The van der Waals surface area contributed by atoms with Gasteiger partial charge in [0.1, 0.15) is 0 Å². The fourth-order valence-electron chi connectivity index (χ4n) is 4.00. The molecule has 160 valence electrons. The average molecular weight is 394 g/mol. The van der Waals surface area contributed by atoms with Crippen LogP contribution in [0.4, 0.5) is 5.69 Å². The summed E-state index contributed by atoms with van der Waals surface area (Å²) >= 11 is 0. The highest BCUT2D eigenvalue weighted by atomic mass is 15.1. The van der Waals surface area contributed by atoms with Crippen LogP contribution in [0.1, 0.15) is 89.5 Å². The molecule has 0 aromatic heterocycles. The Balaban J connectivity index is 1.57. The smallest absolute Gasteiger partial charge is 0.0367 e. The molecule has 0 radical (unpaired) electrons. The highest BCUT2D eigenvalue weighted by Gasteiger charge is 2.02. The van der Waals surface area contributed by atoms with Gasteiger partial charge in [0.25, 0.3) is 0 Å². The van der Waals surface area contributed by atoms with Crippen molar-refractivity contribution in [2.75, 3.05) is 19.0 Å². The van der Waals surface area contributed by atoms with Gasteiger partial charge in [-0.3, -0.25) is 0 Å². The average Bonchev–Trinajstić information content (AvgIpc) is 2.75. The maximum absolute atomic E-state index is 2.32. The van der Waals surface area contributed by atoms with E-state index in [1.54, 1.807) is 0 Å². The van der Waals surface area contributed by atoms with Crippen LogP contribution in [-0.2, 0) is 6.42 Å². The van der Waals surface area contributed by atoms with Crippen LogP contribution in [0.3, 0.4) is 0 Å². The third-order valence-electron chi connectivity index (χ3n) is 5.97. The summed E-state index contributed by atoms with van der Waals surface area (Å²) in [5.74, 6) is 0. The van der Waals surface area contributed by atoms with Crippen LogP contribution in [0.5, 0.6) is 0 Å². The molecule has 0 saturated heterocycles. The fraction of sp³-hybridized carbons (Fsp3) is 0.571. The maximum Gasteiger partial charge on any atom is 0.0367 e. The van der Waals surface area contributed by atoms with Gasteiger partial charge in [-0.25, -0.2) is 0 Å². The Kier molecular flexibility index (Phi) is 11.6. The van der Waals surface area contributed by atoms with E-state index in [-0.39, 0.29) is 0 Å². The van der Waals surface area contributed by atoms with E-state index < -0.39 is 0 Å². The third-order valence-corrected chi connectivity index (χ3v) is 5.97. The van der Waals surface area contributed by atoms with E-state index in [1.807, 2.05) is 0 Å². The zero-order chi connectivity index (χ0) is 20.7. The molecular weight excluding hydrogens is 350 g/mol. The number of unbranched alkanes of at least 4 members (excludes halogenated alkanes) is 11. The van der Waals surface area contributed by atoms with E-state index in [2.05, 4.69) is 74.4 Å². The van der Waals surface area contributed by atoms with Crippen molar-refractivity contribution in [3.05, 3.63) is 54.1 Å². The first kappa shape index (κ1) is 23.5. The van der Waals surface area contributed by atoms with Crippen molar-refractivity contribution in [1.29, 1.82) is 0 Å². The Hall–Kier alpha value is -1.76. The summed E-state index contributed by atoms with van der Waals surface area (Å²) in [4.78, 5) is 2.16. The molecule has 0 aliphatic rings. The molecule has 0 heterocycles. The minimum atomic E-state index is 1.22. The number of hydrogen-bond acceptors (Lipinski definition) is 1. The lowest BCUT2D eigenvalue weighted by Gasteiger charge is -2.13. The molecule has 1 heteroatoms. The van der Waals surface area contributed by atoms with Crippen molar-refractivity contribution in [2.45, 2.75) is 90.4 Å². The van der Waals surface area contributed by atoms with Gasteiger partial charge in [0.05, 0.1) is 0 Å². The van der Waals surface area contributed by atoms with Crippen molar-refractivity contribution in [3.63, 3.8) is 0 Å². The minimum Gasteiger partial charge on any atom is -0.378 e. The van der Waals surface area contributed by atoms with Gasteiger partial charge in [0.15, 0.2) is 0 Å². The molecule has 0 N–H and O–H groups in total. The first-order valence-corrected chi connectivity index (χ1v) is 12.1. The Bertz CT molecular complexity index is 656. The van der Waals surface area contributed by atoms with Gasteiger partial charge in [0, 0.05) is 19.8 Å². The van der Waals surface area contributed by atoms with Crippen molar-refractivity contribution in [2.24, 2.45) is 0 Å². The van der Waals surface area contributed by atoms with Crippen LogP contribution in [0.25, 0.3) is 11.1 Å². The lowest BCUT2D eigenvalue weighted by Crippen LogP contribution is -2.08. The van der Waals surface area contributed by atoms with E-state index in [1.165, 1.54) is 106 Å². The third kappa shape index (κ3) is 9.52. The van der Waals surface area contributed by atoms with Crippen LogP contribution in [-0.4, -0.2) is 14.1 Å². The molecule has 0 unspecified atom stereocenters. The monoisotopic (exact) mass is 393 g/mol. The SMILES string of the molecule is CCCCCCCCCCCCCCc1ccc(-c2cccc(N(C)C)c2)cc1. The number of aryl methyl sites for hydroxylation is 1. The molecule has 0 amide bonds. The molecule has 2 rings (SSSR count). The molecule has 0 spiro atoms. The maximum atomic E-state index is 2.32. The Labute approximate surface area is 180 Å². The number of rotatable bonds is 15. The summed E-state index contributed by atoms with van der Waals surface area (Å²) in [6.45, 7) is 2.29. The molecular formula is C28H43N. The molecule has 0 atom stereocenters. The lowest BCUT2D eigenvalue weighted by molar-refractivity contribution is 0.544. The first-order valence-electron chi connectivity index (χ1n) is 12.1. The van der Waals surface area contributed by atoms with Crippen molar-refractivity contribution in [3.8, 4) is 11.1 Å². The zero-order valence-electron chi connectivity index (χ0n) is 19.3. The number of hydrogen-bond donors (Lipinski definition) is 0. The number of benzene rings is 2. The van der Waals surface area contributed by atoms with Gasteiger partial charge in [-0.15, -0.1) is 0 Å². The lowest BCUT2D eigenvalue weighted by atomic mass is 10.00. The summed E-state index contributed by atoms with van der Waals surface area (Å²) in [6, 6.07) is 18.0. The normalized spacial score (nSPS) is 11.0. The quantitative estimate of drug-likeness (QED) is 0.274. The van der Waals surface area contributed by atoms with Gasteiger partial charge in [-0.05, 0) is 41.7 Å². The summed E-state index contributed by atoms with van der Waals surface area (Å²) < 4.78 is 0.